The van der Waals surface area contributed by atoms with Gasteiger partial charge < -0.3 is 10.2 Å². The van der Waals surface area contributed by atoms with E-state index in [0.29, 0.717) is 18.4 Å². The smallest absolute Gasteiger partial charge is 0.271 e. The lowest BCUT2D eigenvalue weighted by Gasteiger charge is -2.33. The molecule has 0 aliphatic carbocycles. The van der Waals surface area contributed by atoms with Gasteiger partial charge in [0.25, 0.3) is 5.69 Å². The normalized spacial score (nSPS) is 12.9. The minimum Gasteiger partial charge on any atom is -0.352 e. The molecule has 0 bridgehead atoms. The summed E-state index contributed by atoms with van der Waals surface area (Å²) in [5, 5.41) is 14.2. The summed E-state index contributed by atoms with van der Waals surface area (Å²) in [6.45, 7) is 6.68. The number of carbonyl (C=O) groups excluding carboxylic acids is 2. The molecule has 0 saturated heterocycles. The van der Waals surface area contributed by atoms with Crippen molar-refractivity contribution in [1.29, 1.82) is 0 Å². The number of nitrogens with zero attached hydrogens (tertiary/aromatic N) is 3. The fourth-order valence-corrected chi connectivity index (χ4v) is 4.61. The third kappa shape index (κ3) is 7.51. The molecule has 36 heavy (non-hydrogen) atoms. The molecule has 0 heterocycles. The van der Waals surface area contributed by atoms with E-state index in [1.54, 1.807) is 13.8 Å². The summed E-state index contributed by atoms with van der Waals surface area (Å²) in [7, 11) is -4.00. The Morgan fingerprint density at radius 3 is 2.25 bits per heavy atom. The van der Waals surface area contributed by atoms with Crippen LogP contribution in [0.4, 0.5) is 11.4 Å². The molecule has 0 spiro atoms. The summed E-state index contributed by atoms with van der Waals surface area (Å²) in [4.78, 5) is 38.8. The van der Waals surface area contributed by atoms with Gasteiger partial charge in [-0.05, 0) is 37.8 Å². The van der Waals surface area contributed by atoms with Crippen LogP contribution >= 0.6 is 0 Å². The standard InChI is InChI=1S/C25H34N4O6S/c1-6-19(4)26-25(31)22(7-2)27(16-20-11-9-8-10-12-20)24(30)17-28(36(5,34)35)23-15-21(29(32)33)14-13-18(23)3/h8-15,19,22H,6-7,16-17H2,1-5H3,(H,26,31)/t19-,22+/m1/s1. The van der Waals surface area contributed by atoms with E-state index in [4.69, 9.17) is 0 Å². The van der Waals surface area contributed by atoms with Gasteiger partial charge in [0.05, 0.1) is 16.9 Å². The van der Waals surface area contributed by atoms with E-state index in [1.807, 2.05) is 44.2 Å². The van der Waals surface area contributed by atoms with Crippen molar-refractivity contribution >= 4 is 33.2 Å². The van der Waals surface area contributed by atoms with E-state index < -0.39 is 33.4 Å². The van der Waals surface area contributed by atoms with Gasteiger partial charge in [-0.2, -0.15) is 0 Å². The lowest BCUT2D eigenvalue weighted by Crippen LogP contribution is -2.53. The summed E-state index contributed by atoms with van der Waals surface area (Å²) < 4.78 is 26.3. The Hall–Kier alpha value is -3.47. The zero-order valence-electron chi connectivity index (χ0n) is 21.3. The van der Waals surface area contributed by atoms with Gasteiger partial charge in [-0.3, -0.25) is 24.0 Å². The van der Waals surface area contributed by atoms with Crippen LogP contribution in [0, 0.1) is 17.0 Å². The monoisotopic (exact) mass is 518 g/mol. The van der Waals surface area contributed by atoms with Crippen molar-refractivity contribution in [3.63, 3.8) is 0 Å². The molecular weight excluding hydrogens is 484 g/mol. The molecule has 0 aliphatic rings. The van der Waals surface area contributed by atoms with Crippen molar-refractivity contribution < 1.29 is 22.9 Å². The third-order valence-electron chi connectivity index (χ3n) is 5.93. The first-order valence-corrected chi connectivity index (χ1v) is 13.6. The van der Waals surface area contributed by atoms with E-state index in [2.05, 4.69) is 5.32 Å². The average Bonchev–Trinajstić information content (AvgIpc) is 2.82. The molecule has 2 aromatic rings. The Kier molecular flexibility index (Phi) is 9.97. The van der Waals surface area contributed by atoms with Crippen molar-refractivity contribution in [2.45, 2.75) is 59.2 Å². The van der Waals surface area contributed by atoms with Crippen molar-refractivity contribution in [2.24, 2.45) is 0 Å². The first kappa shape index (κ1) is 28.8. The fraction of sp³-hybridized carbons (Fsp3) is 0.440. The maximum atomic E-state index is 13.7. The van der Waals surface area contributed by atoms with Gasteiger partial charge in [0.2, 0.25) is 21.8 Å². The van der Waals surface area contributed by atoms with Crippen molar-refractivity contribution in [3.8, 4) is 0 Å². The van der Waals surface area contributed by atoms with Crippen LogP contribution in [-0.4, -0.2) is 54.9 Å². The minimum absolute atomic E-state index is 0.0387. The van der Waals surface area contributed by atoms with Crippen LogP contribution in [0.2, 0.25) is 0 Å². The maximum absolute atomic E-state index is 13.7. The Balaban J connectivity index is 2.50. The number of aryl methyl sites for hydroxylation is 1. The van der Waals surface area contributed by atoms with E-state index in [-0.39, 0.29) is 29.9 Å². The highest BCUT2D eigenvalue weighted by Gasteiger charge is 2.32. The maximum Gasteiger partial charge on any atom is 0.271 e. The van der Waals surface area contributed by atoms with Gasteiger partial charge in [0.1, 0.15) is 12.6 Å². The molecule has 0 fully saturated rings. The van der Waals surface area contributed by atoms with Crippen molar-refractivity contribution in [3.05, 3.63) is 69.8 Å². The number of benzene rings is 2. The largest absolute Gasteiger partial charge is 0.352 e. The molecule has 10 nitrogen and oxygen atoms in total. The molecule has 0 radical (unpaired) electrons. The van der Waals surface area contributed by atoms with Crippen LogP contribution in [0.3, 0.4) is 0 Å². The summed E-state index contributed by atoms with van der Waals surface area (Å²) in [6.07, 6.45) is 1.96. The van der Waals surface area contributed by atoms with Gasteiger partial charge in [-0.1, -0.05) is 50.2 Å². The zero-order valence-corrected chi connectivity index (χ0v) is 22.1. The van der Waals surface area contributed by atoms with Crippen LogP contribution in [0.15, 0.2) is 48.5 Å². The number of anilines is 1. The fourth-order valence-electron chi connectivity index (χ4n) is 3.72. The summed E-state index contributed by atoms with van der Waals surface area (Å²) in [5.74, 6) is -0.921. The lowest BCUT2D eigenvalue weighted by atomic mass is 10.1. The van der Waals surface area contributed by atoms with Crippen molar-refractivity contribution in [2.75, 3.05) is 17.1 Å². The Morgan fingerprint density at radius 1 is 1.08 bits per heavy atom. The second-order valence-corrected chi connectivity index (χ2v) is 10.7. The SMILES string of the molecule is CC[C@@H](C)NC(=O)[C@H](CC)N(Cc1ccccc1)C(=O)CN(c1cc([N+](=O)[O-])ccc1C)S(C)(=O)=O. The van der Waals surface area contributed by atoms with Crippen LogP contribution < -0.4 is 9.62 Å². The minimum atomic E-state index is -4.00. The molecule has 0 aliphatic heterocycles. The molecule has 0 aromatic heterocycles. The van der Waals surface area contributed by atoms with Crippen molar-refractivity contribution in [1.82, 2.24) is 10.2 Å². The van der Waals surface area contributed by atoms with Gasteiger partial charge in [-0.15, -0.1) is 0 Å². The highest BCUT2D eigenvalue weighted by atomic mass is 32.2. The van der Waals surface area contributed by atoms with E-state index in [1.165, 1.54) is 17.0 Å². The third-order valence-corrected chi connectivity index (χ3v) is 7.06. The summed E-state index contributed by atoms with van der Waals surface area (Å²) in [5.41, 5.74) is 0.974. The molecular formula is C25H34N4O6S. The van der Waals surface area contributed by atoms with Crippen LogP contribution in [0.25, 0.3) is 0 Å². The Labute approximate surface area is 212 Å². The predicted molar refractivity (Wildman–Crippen MR) is 139 cm³/mol. The number of rotatable bonds is 12. The summed E-state index contributed by atoms with van der Waals surface area (Å²) in [6, 6.07) is 12.0. The number of hydrogen-bond acceptors (Lipinski definition) is 6. The molecule has 1 N–H and O–H groups in total. The number of nitro groups is 1. The Morgan fingerprint density at radius 2 is 1.72 bits per heavy atom. The average molecular weight is 519 g/mol. The molecule has 11 heteroatoms. The van der Waals surface area contributed by atoms with Gasteiger partial charge in [0, 0.05) is 24.7 Å². The highest BCUT2D eigenvalue weighted by molar-refractivity contribution is 7.92. The predicted octanol–water partition coefficient (Wildman–Crippen LogP) is 3.39. The number of nitrogens with one attached hydrogen (secondary N) is 1. The molecule has 2 atom stereocenters. The molecule has 196 valence electrons. The molecule has 0 unspecified atom stereocenters. The number of sulfonamides is 1. The number of non-ortho nitro benzene ring substituents is 1. The highest BCUT2D eigenvalue weighted by Crippen LogP contribution is 2.28. The van der Waals surface area contributed by atoms with Gasteiger partial charge in [-0.25, -0.2) is 8.42 Å². The van der Waals surface area contributed by atoms with Crippen LogP contribution in [0.5, 0.6) is 0 Å². The second-order valence-electron chi connectivity index (χ2n) is 8.75. The molecule has 2 aromatic carbocycles. The van der Waals surface area contributed by atoms with Gasteiger partial charge in [0.15, 0.2) is 0 Å². The van der Waals surface area contributed by atoms with Crippen LogP contribution in [0.1, 0.15) is 44.7 Å². The number of carbonyl (C=O) groups is 2. The lowest BCUT2D eigenvalue weighted by molar-refractivity contribution is -0.384. The molecule has 2 rings (SSSR count). The number of hydrogen-bond donors (Lipinski definition) is 1. The van der Waals surface area contributed by atoms with E-state index in [9.17, 15) is 28.1 Å². The number of nitro benzene ring substituents is 1. The molecule has 2 amide bonds. The first-order chi connectivity index (χ1) is 16.9. The molecule has 0 saturated carbocycles. The zero-order chi connectivity index (χ0) is 27.0. The van der Waals surface area contributed by atoms with Crippen LogP contribution in [-0.2, 0) is 26.2 Å². The Bertz CT molecular complexity index is 1190. The van der Waals surface area contributed by atoms with E-state index in [0.717, 1.165) is 22.2 Å². The number of amides is 2. The topological polar surface area (TPSA) is 130 Å². The quantitative estimate of drug-likeness (QED) is 0.339. The first-order valence-electron chi connectivity index (χ1n) is 11.8. The second kappa shape index (κ2) is 12.5. The summed E-state index contributed by atoms with van der Waals surface area (Å²) >= 11 is 0. The van der Waals surface area contributed by atoms with E-state index >= 15 is 0 Å². The van der Waals surface area contributed by atoms with Gasteiger partial charge >= 0.3 is 0 Å².